The second-order valence-corrected chi connectivity index (χ2v) is 8.11. The lowest BCUT2D eigenvalue weighted by Gasteiger charge is -2.34. The number of aromatic nitrogens is 1. The number of methoxy groups -OCH3 is 1. The van der Waals surface area contributed by atoms with Gasteiger partial charge in [-0.25, -0.2) is 4.79 Å². The lowest BCUT2D eigenvalue weighted by atomic mass is 9.86. The summed E-state index contributed by atoms with van der Waals surface area (Å²) in [6.07, 6.45) is 3.00. The van der Waals surface area contributed by atoms with Gasteiger partial charge < -0.3 is 23.9 Å². The van der Waals surface area contributed by atoms with Crippen molar-refractivity contribution in [2.75, 3.05) is 26.9 Å². The first-order valence-corrected chi connectivity index (χ1v) is 10.7. The molecule has 1 unspecified atom stereocenters. The molecule has 0 aliphatic carbocycles. The first-order valence-electron chi connectivity index (χ1n) is 10.7. The molecule has 0 bridgehead atoms. The third-order valence-electron chi connectivity index (χ3n) is 5.64. The summed E-state index contributed by atoms with van der Waals surface area (Å²) < 4.78 is 18.8. The van der Waals surface area contributed by atoms with Crippen molar-refractivity contribution in [1.82, 2.24) is 4.57 Å². The van der Waals surface area contributed by atoms with Gasteiger partial charge in [0.25, 0.3) is 0 Å². The molecule has 0 saturated carbocycles. The molecule has 1 aliphatic heterocycles. The van der Waals surface area contributed by atoms with E-state index in [-0.39, 0.29) is 17.5 Å². The monoisotopic (exact) mass is 429 g/mol. The highest BCUT2D eigenvalue weighted by Crippen LogP contribution is 2.40. The van der Waals surface area contributed by atoms with Gasteiger partial charge in [-0.1, -0.05) is 13.8 Å². The van der Waals surface area contributed by atoms with E-state index in [4.69, 9.17) is 14.2 Å². The Bertz CT molecular complexity index is 994. The van der Waals surface area contributed by atoms with Gasteiger partial charge in [0, 0.05) is 56.2 Å². The summed E-state index contributed by atoms with van der Waals surface area (Å²) in [5, 5.41) is 9.43. The van der Waals surface area contributed by atoms with Crippen LogP contribution in [0.15, 0.2) is 29.2 Å². The van der Waals surface area contributed by atoms with E-state index in [0.717, 1.165) is 41.0 Å². The third kappa shape index (κ3) is 4.99. The van der Waals surface area contributed by atoms with E-state index in [1.54, 1.807) is 7.11 Å². The van der Waals surface area contributed by atoms with Crippen molar-refractivity contribution < 1.29 is 24.1 Å². The SMILES string of the molecule is CCOCc1cc2c(cc1OCCCOC)CC(C(C)C)n1cc(C(=O)O)c(=O)cc1-2. The molecule has 2 heterocycles. The highest BCUT2D eigenvalue weighted by atomic mass is 16.5. The predicted octanol–water partition coefficient (Wildman–Crippen LogP) is 3.92. The number of hydrogen-bond donors (Lipinski definition) is 1. The summed E-state index contributed by atoms with van der Waals surface area (Å²) in [5.41, 5.74) is 2.96. The fourth-order valence-corrected chi connectivity index (χ4v) is 4.00. The van der Waals surface area contributed by atoms with Crippen LogP contribution in [0.4, 0.5) is 0 Å². The quantitative estimate of drug-likeness (QED) is 0.576. The molecule has 3 rings (SSSR count). The molecular weight excluding hydrogens is 398 g/mol. The first-order chi connectivity index (χ1) is 14.9. The number of nitrogens with zero attached hydrogens (tertiary/aromatic N) is 1. The number of fused-ring (bicyclic) bond motifs is 3. The van der Waals surface area contributed by atoms with Crippen molar-refractivity contribution in [3.8, 4) is 17.0 Å². The minimum atomic E-state index is -1.20. The van der Waals surface area contributed by atoms with Crippen LogP contribution in [0.5, 0.6) is 5.75 Å². The summed E-state index contributed by atoms with van der Waals surface area (Å²) >= 11 is 0. The Labute approximate surface area is 182 Å². The zero-order chi connectivity index (χ0) is 22.5. The molecule has 0 fully saturated rings. The normalized spacial score (nSPS) is 14.9. The number of carbonyl (C=O) groups is 1. The third-order valence-corrected chi connectivity index (χ3v) is 5.64. The molecule has 1 aromatic carbocycles. The number of carboxylic acids is 1. The van der Waals surface area contributed by atoms with Gasteiger partial charge in [-0.2, -0.15) is 0 Å². The molecule has 7 heteroatoms. The number of aromatic carboxylic acids is 1. The topological polar surface area (TPSA) is 87.0 Å². The van der Waals surface area contributed by atoms with E-state index in [1.165, 1.54) is 12.3 Å². The van der Waals surface area contributed by atoms with Crippen LogP contribution < -0.4 is 10.2 Å². The molecule has 0 amide bonds. The van der Waals surface area contributed by atoms with Crippen LogP contribution in [0.25, 0.3) is 11.3 Å². The lowest BCUT2D eigenvalue weighted by molar-refractivity contribution is 0.0694. The molecule has 2 aromatic rings. The fourth-order valence-electron chi connectivity index (χ4n) is 4.00. The van der Waals surface area contributed by atoms with Crippen LogP contribution >= 0.6 is 0 Å². The summed E-state index contributed by atoms with van der Waals surface area (Å²) in [6, 6.07) is 5.55. The average molecular weight is 430 g/mol. The molecule has 0 radical (unpaired) electrons. The van der Waals surface area contributed by atoms with Crippen LogP contribution in [0.1, 0.15) is 54.7 Å². The van der Waals surface area contributed by atoms with Crippen molar-refractivity contribution in [2.24, 2.45) is 5.92 Å². The van der Waals surface area contributed by atoms with Crippen LogP contribution in [0, 0.1) is 5.92 Å². The zero-order valence-electron chi connectivity index (χ0n) is 18.6. The number of benzene rings is 1. The fraction of sp³-hybridized carbons (Fsp3) is 0.500. The first kappa shape index (κ1) is 23.0. The van der Waals surface area contributed by atoms with Crippen molar-refractivity contribution >= 4 is 5.97 Å². The van der Waals surface area contributed by atoms with Gasteiger partial charge in [0.1, 0.15) is 11.3 Å². The Morgan fingerprint density at radius 3 is 2.68 bits per heavy atom. The highest BCUT2D eigenvalue weighted by Gasteiger charge is 2.29. The lowest BCUT2D eigenvalue weighted by Crippen LogP contribution is -2.28. The maximum atomic E-state index is 12.5. The maximum Gasteiger partial charge on any atom is 0.341 e. The average Bonchev–Trinajstić information content (AvgIpc) is 2.73. The van der Waals surface area contributed by atoms with E-state index < -0.39 is 11.4 Å². The van der Waals surface area contributed by atoms with Gasteiger partial charge >= 0.3 is 5.97 Å². The summed E-state index contributed by atoms with van der Waals surface area (Å²) in [7, 11) is 1.67. The van der Waals surface area contributed by atoms with Crippen LogP contribution in [-0.4, -0.2) is 42.6 Å². The second-order valence-electron chi connectivity index (χ2n) is 8.11. The number of rotatable bonds is 10. The van der Waals surface area contributed by atoms with Crippen LogP contribution in [0.2, 0.25) is 0 Å². The summed E-state index contributed by atoms with van der Waals surface area (Å²) in [4.78, 5) is 24.0. The van der Waals surface area contributed by atoms with Crippen LogP contribution in [-0.2, 0) is 22.5 Å². The van der Waals surface area contributed by atoms with E-state index in [9.17, 15) is 14.7 Å². The van der Waals surface area contributed by atoms with Gasteiger partial charge in [-0.05, 0) is 37.0 Å². The van der Waals surface area contributed by atoms with Crippen molar-refractivity contribution in [3.05, 3.63) is 51.3 Å². The van der Waals surface area contributed by atoms with Crippen molar-refractivity contribution in [2.45, 2.75) is 46.3 Å². The summed E-state index contributed by atoms with van der Waals surface area (Å²) in [5.74, 6) is -0.167. The molecule has 1 aromatic heterocycles. The Morgan fingerprint density at radius 2 is 2.03 bits per heavy atom. The van der Waals surface area contributed by atoms with Gasteiger partial charge in [0.15, 0.2) is 5.43 Å². The van der Waals surface area contributed by atoms with Crippen molar-refractivity contribution in [1.29, 1.82) is 0 Å². The standard InChI is InChI=1S/C24H31NO6/c1-5-30-14-17-9-18-16(11-23(17)31-8-6-7-29-4)10-20(15(2)3)25-13-19(24(27)28)22(26)12-21(18)25/h9,11-13,15,20H,5-8,10,14H2,1-4H3,(H,27,28). The molecule has 7 nitrogen and oxygen atoms in total. The largest absolute Gasteiger partial charge is 0.493 e. The zero-order valence-corrected chi connectivity index (χ0v) is 18.6. The number of carboxylic acid groups (broad SMARTS) is 1. The number of hydrogen-bond acceptors (Lipinski definition) is 5. The molecule has 1 N–H and O–H groups in total. The minimum absolute atomic E-state index is 0.0419. The van der Waals surface area contributed by atoms with Gasteiger partial charge in [0.05, 0.1) is 18.9 Å². The molecule has 1 aliphatic rings. The molecule has 0 spiro atoms. The minimum Gasteiger partial charge on any atom is -0.493 e. The molecule has 1 atom stereocenters. The molecular formula is C24H31NO6. The maximum absolute atomic E-state index is 12.5. The van der Waals surface area contributed by atoms with Crippen molar-refractivity contribution in [3.63, 3.8) is 0 Å². The Hall–Kier alpha value is -2.64. The highest BCUT2D eigenvalue weighted by molar-refractivity contribution is 5.87. The Balaban J connectivity index is 2.11. The van der Waals surface area contributed by atoms with Gasteiger partial charge in [-0.15, -0.1) is 0 Å². The van der Waals surface area contributed by atoms with E-state index in [1.807, 2.05) is 23.6 Å². The second kappa shape index (κ2) is 10.1. The molecule has 31 heavy (non-hydrogen) atoms. The van der Waals surface area contributed by atoms with Gasteiger partial charge in [-0.3, -0.25) is 4.79 Å². The van der Waals surface area contributed by atoms with Crippen LogP contribution in [0.3, 0.4) is 0 Å². The Kier molecular flexibility index (Phi) is 7.51. The van der Waals surface area contributed by atoms with E-state index >= 15 is 0 Å². The molecule has 168 valence electrons. The number of ether oxygens (including phenoxy) is 3. The van der Waals surface area contributed by atoms with Gasteiger partial charge in [0.2, 0.25) is 0 Å². The molecule has 0 saturated heterocycles. The Morgan fingerprint density at radius 1 is 1.26 bits per heavy atom. The summed E-state index contributed by atoms with van der Waals surface area (Å²) in [6.45, 7) is 8.28. The van der Waals surface area contributed by atoms with E-state index in [0.29, 0.717) is 26.4 Å². The van der Waals surface area contributed by atoms with E-state index in [2.05, 4.69) is 13.8 Å². The smallest absolute Gasteiger partial charge is 0.341 e. The predicted molar refractivity (Wildman–Crippen MR) is 118 cm³/mol. The number of pyridine rings is 1.